The second kappa shape index (κ2) is 4.64. The summed E-state index contributed by atoms with van der Waals surface area (Å²) in [6.45, 7) is 0.0106. The molecule has 0 aliphatic heterocycles. The number of carboxylic acids is 1. The molecule has 0 saturated heterocycles. The van der Waals surface area contributed by atoms with Gasteiger partial charge in [-0.05, 0) is 17.7 Å². The van der Waals surface area contributed by atoms with E-state index in [0.29, 0.717) is 15.6 Å². The van der Waals surface area contributed by atoms with E-state index >= 15 is 0 Å². The zero-order chi connectivity index (χ0) is 10.7. The van der Waals surface area contributed by atoms with Gasteiger partial charge in [0.1, 0.15) is 0 Å². The van der Waals surface area contributed by atoms with Crippen LogP contribution in [0.5, 0.6) is 0 Å². The van der Waals surface area contributed by atoms with Gasteiger partial charge in [0.05, 0.1) is 5.92 Å². The molecule has 1 aromatic carbocycles. The zero-order valence-electron chi connectivity index (χ0n) is 7.21. The first-order chi connectivity index (χ1) is 6.56. The summed E-state index contributed by atoms with van der Waals surface area (Å²) in [5, 5.41) is 9.65. The third kappa shape index (κ3) is 2.38. The van der Waals surface area contributed by atoms with Crippen molar-refractivity contribution in [3.8, 4) is 0 Å². The fourth-order valence-corrected chi connectivity index (χ4v) is 1.69. The van der Waals surface area contributed by atoms with E-state index in [2.05, 4.69) is 0 Å². The predicted molar refractivity (Wildman–Crippen MR) is 55.9 cm³/mol. The molecule has 0 aromatic heterocycles. The van der Waals surface area contributed by atoms with E-state index in [-0.39, 0.29) is 6.54 Å². The second-order valence-corrected chi connectivity index (χ2v) is 3.64. The zero-order valence-corrected chi connectivity index (χ0v) is 8.72. The lowest BCUT2D eigenvalue weighted by Gasteiger charge is -2.11. The van der Waals surface area contributed by atoms with Crippen molar-refractivity contribution in [3.05, 3.63) is 33.8 Å². The number of carbonyl (C=O) groups is 1. The van der Waals surface area contributed by atoms with Crippen LogP contribution in [0.3, 0.4) is 0 Å². The highest BCUT2D eigenvalue weighted by Gasteiger charge is 2.20. The van der Waals surface area contributed by atoms with E-state index in [1.54, 1.807) is 12.1 Å². The molecule has 1 unspecified atom stereocenters. The van der Waals surface area contributed by atoms with Gasteiger partial charge in [0.15, 0.2) is 0 Å². The molecule has 1 aromatic rings. The largest absolute Gasteiger partial charge is 0.481 e. The van der Waals surface area contributed by atoms with Crippen molar-refractivity contribution in [1.82, 2.24) is 0 Å². The van der Waals surface area contributed by atoms with Crippen LogP contribution in [-0.4, -0.2) is 17.6 Å². The maximum atomic E-state index is 10.8. The summed E-state index contributed by atoms with van der Waals surface area (Å²) in [5.74, 6) is -1.77. The molecule has 0 aliphatic carbocycles. The van der Waals surface area contributed by atoms with Gasteiger partial charge < -0.3 is 10.8 Å². The van der Waals surface area contributed by atoms with Crippen molar-refractivity contribution in [1.29, 1.82) is 0 Å². The Bertz CT molecular complexity index is 355. The quantitative estimate of drug-likeness (QED) is 0.841. The Balaban J connectivity index is 3.10. The summed E-state index contributed by atoms with van der Waals surface area (Å²) < 4.78 is 0. The SMILES string of the molecule is NCC(C(=O)O)c1ccc(Cl)cc1Cl. The first-order valence-electron chi connectivity index (χ1n) is 3.94. The van der Waals surface area contributed by atoms with Gasteiger partial charge in [-0.15, -0.1) is 0 Å². The standard InChI is InChI=1S/C9H9Cl2NO2/c10-5-1-2-6(8(11)3-5)7(4-12)9(13)14/h1-3,7H,4,12H2,(H,13,14). The number of hydrogen-bond donors (Lipinski definition) is 2. The molecular formula is C9H9Cl2NO2. The van der Waals surface area contributed by atoms with Gasteiger partial charge in [0, 0.05) is 16.6 Å². The lowest BCUT2D eigenvalue weighted by molar-refractivity contribution is -0.138. The van der Waals surface area contributed by atoms with Crippen LogP contribution < -0.4 is 5.73 Å². The van der Waals surface area contributed by atoms with E-state index in [1.165, 1.54) is 6.07 Å². The first kappa shape index (κ1) is 11.3. The first-order valence-corrected chi connectivity index (χ1v) is 4.69. The van der Waals surface area contributed by atoms with Crippen LogP contribution in [0.4, 0.5) is 0 Å². The number of aliphatic carboxylic acids is 1. The highest BCUT2D eigenvalue weighted by Crippen LogP contribution is 2.27. The molecule has 5 heteroatoms. The van der Waals surface area contributed by atoms with Gasteiger partial charge in [-0.3, -0.25) is 4.79 Å². The minimum Gasteiger partial charge on any atom is -0.481 e. The maximum absolute atomic E-state index is 10.8. The Labute approximate surface area is 91.4 Å². The van der Waals surface area contributed by atoms with E-state index in [1.807, 2.05) is 0 Å². The normalized spacial score (nSPS) is 12.5. The van der Waals surface area contributed by atoms with Gasteiger partial charge in [0.2, 0.25) is 0 Å². The maximum Gasteiger partial charge on any atom is 0.312 e. The topological polar surface area (TPSA) is 63.3 Å². The third-order valence-corrected chi connectivity index (χ3v) is 2.43. The monoisotopic (exact) mass is 233 g/mol. The summed E-state index contributed by atoms with van der Waals surface area (Å²) in [7, 11) is 0. The van der Waals surface area contributed by atoms with Crippen molar-refractivity contribution in [2.24, 2.45) is 5.73 Å². The van der Waals surface area contributed by atoms with Gasteiger partial charge >= 0.3 is 5.97 Å². The van der Waals surface area contributed by atoms with Gasteiger partial charge in [-0.1, -0.05) is 29.3 Å². The molecule has 3 nitrogen and oxygen atoms in total. The highest BCUT2D eigenvalue weighted by atomic mass is 35.5. The van der Waals surface area contributed by atoms with Crippen molar-refractivity contribution in [2.45, 2.75) is 5.92 Å². The molecule has 0 aliphatic rings. The number of halogens is 2. The Morgan fingerprint density at radius 3 is 2.57 bits per heavy atom. The van der Waals surface area contributed by atoms with Crippen LogP contribution in [-0.2, 0) is 4.79 Å². The second-order valence-electron chi connectivity index (χ2n) is 2.79. The van der Waals surface area contributed by atoms with Gasteiger partial charge in [-0.25, -0.2) is 0 Å². The molecule has 0 spiro atoms. The lowest BCUT2D eigenvalue weighted by Crippen LogP contribution is -2.21. The Kier molecular flexibility index (Phi) is 3.75. The fourth-order valence-electron chi connectivity index (χ4n) is 1.14. The molecule has 1 rings (SSSR count). The molecule has 0 radical (unpaired) electrons. The number of rotatable bonds is 3. The molecule has 0 bridgehead atoms. The number of nitrogens with two attached hydrogens (primary N) is 1. The smallest absolute Gasteiger partial charge is 0.312 e. The van der Waals surface area contributed by atoms with E-state index in [4.69, 9.17) is 34.0 Å². The third-order valence-electron chi connectivity index (χ3n) is 1.87. The molecule has 0 saturated carbocycles. The number of carboxylic acid groups (broad SMARTS) is 1. The number of hydrogen-bond acceptors (Lipinski definition) is 2. The van der Waals surface area contributed by atoms with Gasteiger partial charge in [0.25, 0.3) is 0 Å². The molecular weight excluding hydrogens is 225 g/mol. The average molecular weight is 234 g/mol. The summed E-state index contributed by atoms with van der Waals surface area (Å²) in [5.41, 5.74) is 5.83. The van der Waals surface area contributed by atoms with Crippen molar-refractivity contribution in [2.75, 3.05) is 6.54 Å². The molecule has 1 atom stereocenters. The molecule has 76 valence electrons. The van der Waals surface area contributed by atoms with Crippen LogP contribution in [0.1, 0.15) is 11.5 Å². The minimum atomic E-state index is -0.989. The van der Waals surface area contributed by atoms with Crippen LogP contribution in [0, 0.1) is 0 Å². The predicted octanol–water partition coefficient (Wildman–Crippen LogP) is 2.12. The Morgan fingerprint density at radius 1 is 1.50 bits per heavy atom. The lowest BCUT2D eigenvalue weighted by atomic mass is 9.99. The molecule has 3 N–H and O–H groups in total. The summed E-state index contributed by atoms with van der Waals surface area (Å²) in [6.07, 6.45) is 0. The van der Waals surface area contributed by atoms with E-state index < -0.39 is 11.9 Å². The van der Waals surface area contributed by atoms with Crippen LogP contribution >= 0.6 is 23.2 Å². The van der Waals surface area contributed by atoms with E-state index in [9.17, 15) is 4.79 Å². The van der Waals surface area contributed by atoms with Crippen molar-refractivity contribution in [3.63, 3.8) is 0 Å². The molecule has 14 heavy (non-hydrogen) atoms. The van der Waals surface area contributed by atoms with Crippen molar-refractivity contribution >= 4 is 29.2 Å². The Hall–Kier alpha value is -0.770. The summed E-state index contributed by atoms with van der Waals surface area (Å²) in [6, 6.07) is 4.68. The molecule has 0 heterocycles. The highest BCUT2D eigenvalue weighted by molar-refractivity contribution is 6.35. The summed E-state index contributed by atoms with van der Waals surface area (Å²) >= 11 is 11.5. The fraction of sp³-hybridized carbons (Fsp3) is 0.222. The van der Waals surface area contributed by atoms with Crippen LogP contribution in [0.25, 0.3) is 0 Å². The van der Waals surface area contributed by atoms with Crippen molar-refractivity contribution < 1.29 is 9.90 Å². The van der Waals surface area contributed by atoms with Gasteiger partial charge in [-0.2, -0.15) is 0 Å². The van der Waals surface area contributed by atoms with Crippen LogP contribution in [0.2, 0.25) is 10.0 Å². The van der Waals surface area contributed by atoms with Crippen LogP contribution in [0.15, 0.2) is 18.2 Å². The molecule has 0 amide bonds. The Morgan fingerprint density at radius 2 is 2.14 bits per heavy atom. The summed E-state index contributed by atoms with van der Waals surface area (Å²) in [4.78, 5) is 10.8. The minimum absolute atomic E-state index is 0.0106. The van der Waals surface area contributed by atoms with E-state index in [0.717, 1.165) is 0 Å². The average Bonchev–Trinajstić information content (AvgIpc) is 2.09. The number of benzene rings is 1. The molecule has 0 fully saturated rings.